The first-order valence-electron chi connectivity index (χ1n) is 7.22. The molecule has 2 rings (SSSR count). The molecule has 1 saturated carbocycles. The standard InChI is InChI=1S/C16H24ClNO/c1-19-16(10-6-2-3-7-11-16)15(18)12-13-8-4-5-9-14(13)17/h4-5,8-9,15H,2-3,6-7,10-12,18H2,1H3. The SMILES string of the molecule is COC1(C(N)Cc2ccccc2Cl)CCCCCC1. The highest BCUT2D eigenvalue weighted by Gasteiger charge is 2.37. The molecule has 2 nitrogen and oxygen atoms in total. The Kier molecular flexibility index (Phi) is 5.26. The molecule has 0 bridgehead atoms. The molecule has 0 aliphatic heterocycles. The maximum absolute atomic E-state index is 6.48. The maximum Gasteiger partial charge on any atom is 0.0832 e. The van der Waals surface area contributed by atoms with E-state index in [0.29, 0.717) is 0 Å². The molecule has 3 heteroatoms. The molecule has 1 aromatic rings. The lowest BCUT2D eigenvalue weighted by atomic mass is 9.83. The lowest BCUT2D eigenvalue weighted by Gasteiger charge is -2.37. The minimum Gasteiger partial charge on any atom is -0.377 e. The van der Waals surface area contributed by atoms with Crippen molar-refractivity contribution in [2.75, 3.05) is 7.11 Å². The summed E-state index contributed by atoms with van der Waals surface area (Å²) in [5.74, 6) is 0. The molecule has 106 valence electrons. The third kappa shape index (κ3) is 3.50. The highest BCUT2D eigenvalue weighted by atomic mass is 35.5. The molecule has 1 unspecified atom stereocenters. The van der Waals surface area contributed by atoms with Crippen molar-refractivity contribution in [3.05, 3.63) is 34.9 Å². The van der Waals surface area contributed by atoms with E-state index in [1.807, 2.05) is 18.2 Å². The molecule has 1 fully saturated rings. The zero-order valence-electron chi connectivity index (χ0n) is 11.7. The average molecular weight is 282 g/mol. The third-order valence-electron chi connectivity index (χ3n) is 4.43. The minimum absolute atomic E-state index is 0.00972. The number of hydrogen-bond acceptors (Lipinski definition) is 2. The summed E-state index contributed by atoms with van der Waals surface area (Å²) in [4.78, 5) is 0. The van der Waals surface area contributed by atoms with E-state index in [4.69, 9.17) is 22.1 Å². The largest absolute Gasteiger partial charge is 0.377 e. The van der Waals surface area contributed by atoms with Crippen molar-refractivity contribution in [3.8, 4) is 0 Å². The molecule has 1 aliphatic rings. The third-order valence-corrected chi connectivity index (χ3v) is 4.80. The Balaban J connectivity index is 2.12. The maximum atomic E-state index is 6.48. The number of nitrogens with two attached hydrogens (primary N) is 1. The van der Waals surface area contributed by atoms with Crippen LogP contribution < -0.4 is 5.73 Å². The lowest BCUT2D eigenvalue weighted by Crippen LogP contribution is -2.50. The van der Waals surface area contributed by atoms with E-state index in [2.05, 4.69) is 6.07 Å². The predicted molar refractivity (Wildman–Crippen MR) is 80.6 cm³/mol. The van der Waals surface area contributed by atoms with E-state index >= 15 is 0 Å². The first-order valence-corrected chi connectivity index (χ1v) is 7.60. The fourth-order valence-electron chi connectivity index (χ4n) is 3.14. The first-order chi connectivity index (χ1) is 9.18. The zero-order chi connectivity index (χ0) is 13.7. The van der Waals surface area contributed by atoms with Crippen LogP contribution in [0.25, 0.3) is 0 Å². The molecule has 2 N–H and O–H groups in total. The number of ether oxygens (including phenoxy) is 1. The van der Waals surface area contributed by atoms with Crippen LogP contribution in [0.2, 0.25) is 5.02 Å². The molecule has 0 spiro atoms. The van der Waals surface area contributed by atoms with Crippen molar-refractivity contribution in [1.82, 2.24) is 0 Å². The molecule has 0 aromatic heterocycles. The van der Waals surface area contributed by atoms with Crippen molar-refractivity contribution in [2.45, 2.75) is 56.6 Å². The highest BCUT2D eigenvalue weighted by molar-refractivity contribution is 6.31. The summed E-state index contributed by atoms with van der Waals surface area (Å²) in [5, 5.41) is 0.804. The van der Waals surface area contributed by atoms with Gasteiger partial charge in [0.2, 0.25) is 0 Å². The van der Waals surface area contributed by atoms with Gasteiger partial charge in [0.1, 0.15) is 0 Å². The topological polar surface area (TPSA) is 35.2 Å². The number of benzene rings is 1. The monoisotopic (exact) mass is 281 g/mol. The summed E-state index contributed by atoms with van der Waals surface area (Å²) >= 11 is 6.23. The van der Waals surface area contributed by atoms with Gasteiger partial charge in [-0.2, -0.15) is 0 Å². The van der Waals surface area contributed by atoms with Gasteiger partial charge < -0.3 is 10.5 Å². The van der Waals surface area contributed by atoms with Gasteiger partial charge in [-0.1, -0.05) is 55.5 Å². The highest BCUT2D eigenvalue weighted by Crippen LogP contribution is 2.34. The fourth-order valence-corrected chi connectivity index (χ4v) is 3.35. The molecule has 1 aliphatic carbocycles. The predicted octanol–water partition coefficient (Wildman–Crippen LogP) is 3.95. The Morgan fingerprint density at radius 1 is 1.21 bits per heavy atom. The number of rotatable bonds is 4. The summed E-state index contributed by atoms with van der Waals surface area (Å²) in [6.07, 6.45) is 7.93. The van der Waals surface area contributed by atoms with Crippen LogP contribution in [0.15, 0.2) is 24.3 Å². The Hall–Kier alpha value is -0.570. The van der Waals surface area contributed by atoms with E-state index in [9.17, 15) is 0 Å². The molecular formula is C16H24ClNO. The van der Waals surface area contributed by atoms with Crippen LogP contribution in [0.1, 0.15) is 44.1 Å². The van der Waals surface area contributed by atoms with E-state index in [0.717, 1.165) is 29.8 Å². The van der Waals surface area contributed by atoms with Crippen LogP contribution >= 0.6 is 11.6 Å². The fraction of sp³-hybridized carbons (Fsp3) is 0.625. The zero-order valence-corrected chi connectivity index (χ0v) is 12.5. The Morgan fingerprint density at radius 2 is 1.84 bits per heavy atom. The Labute approximate surface area is 121 Å². The van der Waals surface area contributed by atoms with Gasteiger partial charge in [-0.15, -0.1) is 0 Å². The lowest BCUT2D eigenvalue weighted by molar-refractivity contribution is -0.0430. The van der Waals surface area contributed by atoms with Crippen LogP contribution in [0, 0.1) is 0 Å². The van der Waals surface area contributed by atoms with E-state index < -0.39 is 0 Å². The van der Waals surface area contributed by atoms with Crippen molar-refractivity contribution >= 4 is 11.6 Å². The summed E-state index contributed by atoms with van der Waals surface area (Å²) in [6, 6.07) is 7.96. The minimum atomic E-state index is -0.171. The van der Waals surface area contributed by atoms with Gasteiger partial charge >= 0.3 is 0 Å². The average Bonchev–Trinajstić information content (AvgIpc) is 2.67. The van der Waals surface area contributed by atoms with Crippen molar-refractivity contribution < 1.29 is 4.74 Å². The molecule has 0 radical (unpaired) electrons. The van der Waals surface area contributed by atoms with E-state index in [1.165, 1.54) is 25.7 Å². The van der Waals surface area contributed by atoms with Gasteiger partial charge in [-0.05, 0) is 30.9 Å². The van der Waals surface area contributed by atoms with Crippen LogP contribution in [0.4, 0.5) is 0 Å². The summed E-state index contributed by atoms with van der Waals surface area (Å²) < 4.78 is 5.86. The van der Waals surface area contributed by atoms with Crippen molar-refractivity contribution in [2.24, 2.45) is 5.73 Å². The Morgan fingerprint density at radius 3 is 2.42 bits per heavy atom. The van der Waals surface area contributed by atoms with Crippen LogP contribution in [0.5, 0.6) is 0 Å². The van der Waals surface area contributed by atoms with Gasteiger partial charge in [0.15, 0.2) is 0 Å². The summed E-state index contributed by atoms with van der Waals surface area (Å²) in [6.45, 7) is 0. The number of halogens is 1. The second-order valence-electron chi connectivity index (χ2n) is 5.59. The second-order valence-corrected chi connectivity index (χ2v) is 5.99. The molecule has 0 heterocycles. The van der Waals surface area contributed by atoms with Gasteiger partial charge in [0, 0.05) is 18.2 Å². The van der Waals surface area contributed by atoms with Crippen LogP contribution in [0.3, 0.4) is 0 Å². The molecule has 19 heavy (non-hydrogen) atoms. The molecule has 1 atom stereocenters. The summed E-state index contributed by atoms with van der Waals surface area (Å²) in [7, 11) is 1.80. The quantitative estimate of drug-likeness (QED) is 0.848. The molecule has 0 amide bonds. The number of hydrogen-bond donors (Lipinski definition) is 1. The van der Waals surface area contributed by atoms with E-state index in [-0.39, 0.29) is 11.6 Å². The second kappa shape index (κ2) is 6.74. The van der Waals surface area contributed by atoms with Crippen molar-refractivity contribution in [1.29, 1.82) is 0 Å². The van der Waals surface area contributed by atoms with Crippen molar-refractivity contribution in [3.63, 3.8) is 0 Å². The van der Waals surface area contributed by atoms with Gasteiger partial charge in [-0.3, -0.25) is 0 Å². The Bertz CT molecular complexity index is 399. The molecular weight excluding hydrogens is 258 g/mol. The van der Waals surface area contributed by atoms with Crippen LogP contribution in [-0.4, -0.2) is 18.8 Å². The molecule has 0 saturated heterocycles. The van der Waals surface area contributed by atoms with Gasteiger partial charge in [0.05, 0.1) is 5.60 Å². The van der Waals surface area contributed by atoms with Gasteiger partial charge in [0.25, 0.3) is 0 Å². The van der Waals surface area contributed by atoms with E-state index in [1.54, 1.807) is 7.11 Å². The summed E-state index contributed by atoms with van der Waals surface area (Å²) in [5.41, 5.74) is 7.43. The van der Waals surface area contributed by atoms with Crippen LogP contribution in [-0.2, 0) is 11.2 Å². The normalized spacial score (nSPS) is 20.8. The smallest absolute Gasteiger partial charge is 0.0832 e. The van der Waals surface area contributed by atoms with Gasteiger partial charge in [-0.25, -0.2) is 0 Å². The number of methoxy groups -OCH3 is 1. The molecule has 1 aromatic carbocycles. The first kappa shape index (κ1) is 14.8.